The van der Waals surface area contributed by atoms with Gasteiger partial charge >= 0.3 is 12.1 Å². The van der Waals surface area contributed by atoms with Gasteiger partial charge in [-0.25, -0.2) is 4.79 Å². The number of nitrogens with zero attached hydrogens (tertiary/aromatic N) is 1. The molecule has 0 aromatic heterocycles. The van der Waals surface area contributed by atoms with Gasteiger partial charge < -0.3 is 24.8 Å². The molecule has 0 aliphatic heterocycles. The summed E-state index contributed by atoms with van der Waals surface area (Å²) in [4.78, 5) is 26.7. The summed E-state index contributed by atoms with van der Waals surface area (Å²) in [7, 11) is 5.40. The molecule has 0 spiro atoms. The first-order chi connectivity index (χ1) is 15.8. The Balaban J connectivity index is 1.71. The van der Waals surface area contributed by atoms with Gasteiger partial charge in [-0.05, 0) is 62.9 Å². The number of methoxy groups -OCH3 is 1. The third-order valence-electron chi connectivity index (χ3n) is 7.41. The second-order valence-corrected chi connectivity index (χ2v) is 10.2. The van der Waals surface area contributed by atoms with Gasteiger partial charge in [-0.1, -0.05) is 44.2 Å². The third kappa shape index (κ3) is 6.70. The number of ether oxygens (including phenoxy) is 2. The molecule has 2 atom stereocenters. The quantitative estimate of drug-likeness (QED) is 0.446. The largest absolute Gasteiger partial charge is 0.453 e. The lowest BCUT2D eigenvalue weighted by molar-refractivity contribution is -0.137. The van der Waals surface area contributed by atoms with E-state index in [1.807, 2.05) is 32.3 Å². The van der Waals surface area contributed by atoms with Crippen molar-refractivity contribution in [3.05, 3.63) is 29.8 Å². The Morgan fingerprint density at radius 1 is 1.12 bits per heavy atom. The van der Waals surface area contributed by atoms with Gasteiger partial charge in [-0.15, -0.1) is 0 Å². The van der Waals surface area contributed by atoms with Crippen LogP contribution in [-0.2, 0) is 15.1 Å². The van der Waals surface area contributed by atoms with Crippen molar-refractivity contribution in [1.82, 2.24) is 10.2 Å². The minimum absolute atomic E-state index is 0.141. The molecule has 0 heterocycles. The molecule has 2 aliphatic rings. The zero-order chi connectivity index (χ0) is 23.9. The number of hydrogen-bond acceptors (Lipinski definition) is 6. The number of carbonyl (C=O) groups excluding carboxylic acids is 2. The first-order valence-electron chi connectivity index (χ1n) is 12.3. The fourth-order valence-electron chi connectivity index (χ4n) is 5.64. The average Bonchev–Trinajstić information content (AvgIpc) is 2.79. The lowest BCUT2D eigenvalue weighted by Gasteiger charge is -2.41. The molecule has 2 unspecified atom stereocenters. The van der Waals surface area contributed by atoms with E-state index in [-0.39, 0.29) is 23.7 Å². The summed E-state index contributed by atoms with van der Waals surface area (Å²) in [6, 6.07) is 7.39. The molecular formula is C26H40N2O5. The number of carbonyl (C=O) groups is 2. The molecule has 184 valence electrons. The highest BCUT2D eigenvalue weighted by molar-refractivity contribution is 5.73. The van der Waals surface area contributed by atoms with Gasteiger partial charge in [0, 0.05) is 19.0 Å². The summed E-state index contributed by atoms with van der Waals surface area (Å²) < 4.78 is 10.5. The number of esters is 1. The van der Waals surface area contributed by atoms with E-state index in [1.165, 1.54) is 7.11 Å². The highest BCUT2D eigenvalue weighted by Gasteiger charge is 2.41. The smallest absolute Gasteiger partial charge is 0.406 e. The summed E-state index contributed by atoms with van der Waals surface area (Å²) in [5, 5.41) is 14.4. The minimum Gasteiger partial charge on any atom is -0.453 e. The van der Waals surface area contributed by atoms with Crippen molar-refractivity contribution in [3.8, 4) is 5.75 Å². The Labute approximate surface area is 197 Å². The summed E-state index contributed by atoms with van der Waals surface area (Å²) in [5.74, 6) is 0.301. The SMILES string of the molecule is COC(=O)NCC1(CC(=O)Oc2cccc(C3(O)CCCCC3CN(C)C)c2)CCCCC1. The molecule has 0 bridgehead atoms. The molecule has 0 saturated heterocycles. The Bertz CT molecular complexity index is 806. The molecule has 2 N–H and O–H groups in total. The maximum atomic E-state index is 12.9. The van der Waals surface area contributed by atoms with E-state index >= 15 is 0 Å². The van der Waals surface area contributed by atoms with Crippen molar-refractivity contribution in [2.45, 2.75) is 69.8 Å². The fourth-order valence-corrected chi connectivity index (χ4v) is 5.64. The number of nitrogens with one attached hydrogen (secondary N) is 1. The Morgan fingerprint density at radius 3 is 2.55 bits per heavy atom. The molecule has 7 nitrogen and oxygen atoms in total. The topological polar surface area (TPSA) is 88.1 Å². The Morgan fingerprint density at radius 2 is 1.85 bits per heavy atom. The molecule has 0 radical (unpaired) electrons. The first-order valence-corrected chi connectivity index (χ1v) is 12.3. The van der Waals surface area contributed by atoms with Crippen LogP contribution in [0.3, 0.4) is 0 Å². The molecular weight excluding hydrogens is 420 g/mol. The van der Waals surface area contributed by atoms with Gasteiger partial charge in [0.15, 0.2) is 0 Å². The maximum absolute atomic E-state index is 12.9. The van der Waals surface area contributed by atoms with Crippen LogP contribution >= 0.6 is 0 Å². The predicted octanol–water partition coefficient (Wildman–Crippen LogP) is 4.23. The van der Waals surface area contributed by atoms with Crippen molar-refractivity contribution in [2.75, 3.05) is 34.3 Å². The van der Waals surface area contributed by atoms with Crippen LogP contribution in [0.4, 0.5) is 4.79 Å². The van der Waals surface area contributed by atoms with Crippen molar-refractivity contribution in [3.63, 3.8) is 0 Å². The van der Waals surface area contributed by atoms with Crippen LogP contribution in [0.2, 0.25) is 0 Å². The molecule has 2 fully saturated rings. The highest BCUT2D eigenvalue weighted by atomic mass is 16.5. The van der Waals surface area contributed by atoms with E-state index < -0.39 is 11.7 Å². The zero-order valence-electron chi connectivity index (χ0n) is 20.4. The monoisotopic (exact) mass is 460 g/mol. The molecule has 1 amide bonds. The maximum Gasteiger partial charge on any atom is 0.406 e. The molecule has 1 aromatic carbocycles. The Kier molecular flexibility index (Phi) is 8.76. The molecule has 2 aliphatic carbocycles. The molecule has 33 heavy (non-hydrogen) atoms. The summed E-state index contributed by atoms with van der Waals surface area (Å²) in [6.07, 6.45) is 8.53. The molecule has 2 saturated carbocycles. The van der Waals surface area contributed by atoms with Gasteiger partial charge in [-0.2, -0.15) is 0 Å². The van der Waals surface area contributed by atoms with Gasteiger partial charge in [-0.3, -0.25) is 4.79 Å². The first kappa shape index (κ1) is 25.5. The van der Waals surface area contributed by atoms with Crippen LogP contribution in [0, 0.1) is 11.3 Å². The summed E-state index contributed by atoms with van der Waals surface area (Å²) in [5.41, 5.74) is -0.404. The van der Waals surface area contributed by atoms with E-state index in [9.17, 15) is 14.7 Å². The van der Waals surface area contributed by atoms with Crippen molar-refractivity contribution >= 4 is 12.1 Å². The van der Waals surface area contributed by atoms with Gasteiger partial charge in [0.1, 0.15) is 5.75 Å². The van der Waals surface area contributed by atoms with Crippen LogP contribution < -0.4 is 10.1 Å². The van der Waals surface area contributed by atoms with E-state index in [0.717, 1.165) is 63.5 Å². The molecule has 3 rings (SSSR count). The second kappa shape index (κ2) is 11.3. The van der Waals surface area contributed by atoms with Gasteiger partial charge in [0.2, 0.25) is 0 Å². The van der Waals surface area contributed by atoms with Crippen LogP contribution in [-0.4, -0.2) is 56.4 Å². The lowest BCUT2D eigenvalue weighted by Crippen LogP contribution is -2.43. The number of rotatable bonds is 8. The normalized spacial score (nSPS) is 24.8. The summed E-state index contributed by atoms with van der Waals surface area (Å²) >= 11 is 0. The number of hydrogen-bond donors (Lipinski definition) is 2. The van der Waals surface area contributed by atoms with E-state index in [0.29, 0.717) is 18.7 Å². The molecule has 7 heteroatoms. The van der Waals surface area contributed by atoms with Crippen LogP contribution in [0.15, 0.2) is 24.3 Å². The predicted molar refractivity (Wildman–Crippen MR) is 127 cm³/mol. The second-order valence-electron chi connectivity index (χ2n) is 10.2. The van der Waals surface area contributed by atoms with Crippen LogP contribution in [0.25, 0.3) is 0 Å². The third-order valence-corrected chi connectivity index (χ3v) is 7.41. The van der Waals surface area contributed by atoms with Crippen molar-refractivity contribution in [1.29, 1.82) is 0 Å². The number of aliphatic hydroxyl groups is 1. The minimum atomic E-state index is -0.917. The lowest BCUT2D eigenvalue weighted by atomic mass is 9.71. The van der Waals surface area contributed by atoms with E-state index in [1.54, 1.807) is 6.07 Å². The molecule has 1 aromatic rings. The van der Waals surface area contributed by atoms with Crippen LogP contribution in [0.1, 0.15) is 69.8 Å². The van der Waals surface area contributed by atoms with Crippen LogP contribution in [0.5, 0.6) is 5.75 Å². The average molecular weight is 461 g/mol. The van der Waals surface area contributed by atoms with E-state index in [4.69, 9.17) is 9.47 Å². The number of benzene rings is 1. The number of alkyl carbamates (subject to hydrolysis) is 1. The van der Waals surface area contributed by atoms with E-state index in [2.05, 4.69) is 10.2 Å². The zero-order valence-corrected chi connectivity index (χ0v) is 20.4. The number of amides is 1. The van der Waals surface area contributed by atoms with Crippen molar-refractivity contribution < 1.29 is 24.2 Å². The van der Waals surface area contributed by atoms with Gasteiger partial charge in [0.05, 0.1) is 19.1 Å². The fraction of sp³-hybridized carbons (Fsp3) is 0.692. The Hall–Kier alpha value is -2.12. The van der Waals surface area contributed by atoms with Gasteiger partial charge in [0.25, 0.3) is 0 Å². The highest BCUT2D eigenvalue weighted by Crippen LogP contribution is 2.43. The summed E-state index contributed by atoms with van der Waals surface area (Å²) in [6.45, 7) is 1.22. The standard InChI is InChI=1S/C26H40N2O5/c1-28(2)18-21-10-5-8-15-26(21,31)20-11-9-12-22(16-20)33-23(29)17-25(13-6-4-7-14-25)19-27-24(30)32-3/h9,11-12,16,21,31H,4-8,10,13-15,17-19H2,1-3H3,(H,27,30). The van der Waals surface area contributed by atoms with Crippen molar-refractivity contribution in [2.24, 2.45) is 11.3 Å².